The molecule has 3 nitrogen and oxygen atoms in total. The largest absolute Gasteiger partial charge is 0.496 e. The predicted octanol–water partition coefficient (Wildman–Crippen LogP) is 6.16. The van der Waals surface area contributed by atoms with Crippen LogP contribution in [-0.2, 0) is 0 Å². The first-order valence-electron chi connectivity index (χ1n) is 8.59. The van der Waals surface area contributed by atoms with E-state index >= 15 is 0 Å². The van der Waals surface area contributed by atoms with E-state index in [-0.39, 0.29) is 0 Å². The Morgan fingerprint density at radius 3 is 1.88 bits per heavy atom. The van der Waals surface area contributed by atoms with Gasteiger partial charge in [-0.1, -0.05) is 36.4 Å². The molecule has 0 aliphatic heterocycles. The molecule has 0 saturated heterocycles. The standard InChI is InChI=1S/C23H20N2O/c1-26-23-17-20(14-15-21(23)22-13-8-16-24-22)25(18-9-4-2-5-10-18)19-11-6-3-7-12-19/h2-17,24H,1H3. The monoisotopic (exact) mass is 340 g/mol. The second-order valence-electron chi connectivity index (χ2n) is 5.97. The van der Waals surface area contributed by atoms with Gasteiger partial charge >= 0.3 is 0 Å². The summed E-state index contributed by atoms with van der Waals surface area (Å²) in [5.41, 5.74) is 5.35. The Hall–Kier alpha value is -3.46. The Morgan fingerprint density at radius 2 is 1.35 bits per heavy atom. The molecule has 0 spiro atoms. The van der Waals surface area contributed by atoms with Crippen LogP contribution in [0.25, 0.3) is 11.3 Å². The highest BCUT2D eigenvalue weighted by atomic mass is 16.5. The van der Waals surface area contributed by atoms with Gasteiger partial charge < -0.3 is 14.6 Å². The maximum Gasteiger partial charge on any atom is 0.130 e. The lowest BCUT2D eigenvalue weighted by Gasteiger charge is -2.26. The number of benzene rings is 3. The third-order valence-electron chi connectivity index (χ3n) is 4.36. The number of para-hydroxylation sites is 2. The van der Waals surface area contributed by atoms with Gasteiger partial charge in [-0.15, -0.1) is 0 Å². The first-order chi connectivity index (χ1) is 12.9. The molecule has 0 amide bonds. The number of aromatic nitrogens is 1. The quantitative estimate of drug-likeness (QED) is 0.471. The first kappa shape index (κ1) is 16.0. The van der Waals surface area contributed by atoms with E-state index in [1.165, 1.54) is 0 Å². The van der Waals surface area contributed by atoms with Crippen molar-refractivity contribution in [2.45, 2.75) is 0 Å². The van der Waals surface area contributed by atoms with E-state index in [0.29, 0.717) is 0 Å². The third kappa shape index (κ3) is 3.07. The number of aromatic amines is 1. The van der Waals surface area contributed by atoms with Gasteiger partial charge in [0.15, 0.2) is 0 Å². The number of anilines is 3. The van der Waals surface area contributed by atoms with E-state index in [4.69, 9.17) is 4.74 Å². The van der Waals surface area contributed by atoms with Crippen LogP contribution in [0.1, 0.15) is 0 Å². The van der Waals surface area contributed by atoms with E-state index in [1.807, 2.05) is 30.5 Å². The van der Waals surface area contributed by atoms with Crippen molar-refractivity contribution in [3.05, 3.63) is 97.2 Å². The molecule has 0 radical (unpaired) electrons. The molecule has 1 aromatic heterocycles. The van der Waals surface area contributed by atoms with E-state index in [1.54, 1.807) is 7.11 Å². The zero-order valence-corrected chi connectivity index (χ0v) is 14.6. The predicted molar refractivity (Wildman–Crippen MR) is 107 cm³/mol. The van der Waals surface area contributed by atoms with E-state index in [9.17, 15) is 0 Å². The van der Waals surface area contributed by atoms with Crippen LogP contribution in [-0.4, -0.2) is 12.1 Å². The molecule has 1 heterocycles. The Balaban J connectivity index is 1.84. The molecule has 0 fully saturated rings. The van der Waals surface area contributed by atoms with Crippen LogP contribution in [0, 0.1) is 0 Å². The fourth-order valence-electron chi connectivity index (χ4n) is 3.14. The van der Waals surface area contributed by atoms with Crippen LogP contribution in [0.3, 0.4) is 0 Å². The highest BCUT2D eigenvalue weighted by Crippen LogP contribution is 2.39. The van der Waals surface area contributed by atoms with Gasteiger partial charge in [0.1, 0.15) is 5.75 Å². The van der Waals surface area contributed by atoms with Crippen LogP contribution in [0.5, 0.6) is 5.75 Å². The Bertz CT molecular complexity index is 924. The number of hydrogen-bond donors (Lipinski definition) is 1. The summed E-state index contributed by atoms with van der Waals surface area (Å²) in [6.07, 6.45) is 1.92. The maximum absolute atomic E-state index is 5.69. The summed E-state index contributed by atoms with van der Waals surface area (Å²) in [5, 5.41) is 0. The average molecular weight is 340 g/mol. The molecule has 4 aromatic rings. The summed E-state index contributed by atoms with van der Waals surface area (Å²) >= 11 is 0. The van der Waals surface area contributed by atoms with Gasteiger partial charge in [0, 0.05) is 40.6 Å². The molecular weight excluding hydrogens is 320 g/mol. The van der Waals surface area contributed by atoms with Crippen molar-refractivity contribution in [2.75, 3.05) is 12.0 Å². The van der Waals surface area contributed by atoms with Crippen molar-refractivity contribution < 1.29 is 4.74 Å². The maximum atomic E-state index is 5.69. The molecule has 0 saturated carbocycles. The van der Waals surface area contributed by atoms with Crippen LogP contribution in [0.4, 0.5) is 17.1 Å². The number of methoxy groups -OCH3 is 1. The van der Waals surface area contributed by atoms with E-state index in [0.717, 1.165) is 34.1 Å². The number of hydrogen-bond acceptors (Lipinski definition) is 2. The van der Waals surface area contributed by atoms with Crippen LogP contribution in [0.2, 0.25) is 0 Å². The van der Waals surface area contributed by atoms with Crippen molar-refractivity contribution in [1.82, 2.24) is 4.98 Å². The molecule has 0 unspecified atom stereocenters. The van der Waals surface area contributed by atoms with Gasteiger partial charge in [-0.2, -0.15) is 0 Å². The van der Waals surface area contributed by atoms with E-state index in [2.05, 4.69) is 76.6 Å². The third-order valence-corrected chi connectivity index (χ3v) is 4.36. The highest BCUT2D eigenvalue weighted by molar-refractivity contribution is 5.80. The lowest BCUT2D eigenvalue weighted by Crippen LogP contribution is -2.09. The summed E-state index contributed by atoms with van der Waals surface area (Å²) in [6.45, 7) is 0. The molecule has 4 rings (SSSR count). The molecule has 1 N–H and O–H groups in total. The molecule has 3 heteroatoms. The summed E-state index contributed by atoms with van der Waals surface area (Å²) in [6, 6.07) is 31.0. The lowest BCUT2D eigenvalue weighted by atomic mass is 10.1. The van der Waals surface area contributed by atoms with Crippen molar-refractivity contribution >= 4 is 17.1 Å². The van der Waals surface area contributed by atoms with Gasteiger partial charge in [-0.25, -0.2) is 0 Å². The fraction of sp³-hybridized carbons (Fsp3) is 0.0435. The average Bonchev–Trinajstić information content (AvgIpc) is 3.24. The van der Waals surface area contributed by atoms with Crippen molar-refractivity contribution in [2.24, 2.45) is 0 Å². The second kappa shape index (κ2) is 7.19. The van der Waals surface area contributed by atoms with Gasteiger partial charge in [0.2, 0.25) is 0 Å². The fourth-order valence-corrected chi connectivity index (χ4v) is 3.14. The number of rotatable bonds is 5. The van der Waals surface area contributed by atoms with Crippen molar-refractivity contribution in [3.63, 3.8) is 0 Å². The van der Waals surface area contributed by atoms with Crippen LogP contribution in [0.15, 0.2) is 97.2 Å². The Morgan fingerprint density at radius 1 is 0.692 bits per heavy atom. The molecule has 26 heavy (non-hydrogen) atoms. The number of H-pyrrole nitrogens is 1. The molecule has 128 valence electrons. The number of nitrogens with one attached hydrogen (secondary N) is 1. The van der Waals surface area contributed by atoms with Gasteiger partial charge in [0.25, 0.3) is 0 Å². The minimum atomic E-state index is 0.835. The summed E-state index contributed by atoms with van der Waals surface area (Å²) < 4.78 is 5.69. The molecule has 0 bridgehead atoms. The molecule has 0 atom stereocenters. The number of nitrogens with zero attached hydrogens (tertiary/aromatic N) is 1. The van der Waals surface area contributed by atoms with Crippen molar-refractivity contribution in [3.8, 4) is 17.0 Å². The Kier molecular flexibility index (Phi) is 4.44. The molecule has 0 aliphatic carbocycles. The normalized spacial score (nSPS) is 10.5. The molecular formula is C23H20N2O. The van der Waals surface area contributed by atoms with Gasteiger partial charge in [-0.05, 0) is 48.5 Å². The summed E-state index contributed by atoms with van der Waals surface area (Å²) in [5.74, 6) is 0.835. The van der Waals surface area contributed by atoms with Crippen LogP contribution < -0.4 is 9.64 Å². The van der Waals surface area contributed by atoms with E-state index < -0.39 is 0 Å². The van der Waals surface area contributed by atoms with Gasteiger partial charge in [0.05, 0.1) is 7.11 Å². The summed E-state index contributed by atoms with van der Waals surface area (Å²) in [7, 11) is 1.71. The van der Waals surface area contributed by atoms with Crippen LogP contribution >= 0.6 is 0 Å². The minimum absolute atomic E-state index is 0.835. The molecule has 3 aromatic carbocycles. The second-order valence-corrected chi connectivity index (χ2v) is 5.97. The zero-order valence-electron chi connectivity index (χ0n) is 14.6. The smallest absolute Gasteiger partial charge is 0.130 e. The topological polar surface area (TPSA) is 28.3 Å². The highest BCUT2D eigenvalue weighted by Gasteiger charge is 2.15. The van der Waals surface area contributed by atoms with Gasteiger partial charge in [-0.3, -0.25) is 0 Å². The minimum Gasteiger partial charge on any atom is -0.496 e. The van der Waals surface area contributed by atoms with Crippen molar-refractivity contribution in [1.29, 1.82) is 0 Å². The zero-order chi connectivity index (χ0) is 17.8. The Labute approximate surface area is 153 Å². The lowest BCUT2D eigenvalue weighted by molar-refractivity contribution is 0.416. The molecule has 0 aliphatic rings. The number of ether oxygens (including phenoxy) is 1. The first-order valence-corrected chi connectivity index (χ1v) is 8.59. The summed E-state index contributed by atoms with van der Waals surface area (Å²) in [4.78, 5) is 5.47. The SMILES string of the molecule is COc1cc(N(c2ccccc2)c2ccccc2)ccc1-c1ccc[nH]1.